The fourth-order valence-corrected chi connectivity index (χ4v) is 4.08. The van der Waals surface area contributed by atoms with Crippen molar-refractivity contribution < 1.29 is 23.0 Å². The first-order chi connectivity index (χ1) is 10.9. The number of carbonyl (C=O) groups is 1. The van der Waals surface area contributed by atoms with E-state index in [-0.39, 0.29) is 11.9 Å². The molecule has 0 amide bonds. The number of halogens is 2. The largest absolute Gasteiger partial charge is 0.461 e. The lowest BCUT2D eigenvalue weighted by Crippen LogP contribution is -2.36. The standard InChI is InChI=1S/C15H20ClFNO4P/c1-11(15(19)21-13-5-3-2-4-6-13)18-23(16,20)22-14-9-7-12(17)8-10-14/h7-11,13H,2-6H2,1H3,(H,18,20)/t11-,23?/m0/s1. The summed E-state index contributed by atoms with van der Waals surface area (Å²) in [5.41, 5.74) is 0. The van der Waals surface area contributed by atoms with Gasteiger partial charge >= 0.3 is 12.8 Å². The SMILES string of the molecule is C[C@H](NP(=O)(Cl)Oc1ccc(F)cc1)C(=O)OC1CCCCC1. The van der Waals surface area contributed by atoms with Crippen molar-refractivity contribution in [1.82, 2.24) is 5.09 Å². The van der Waals surface area contributed by atoms with Crippen molar-refractivity contribution in [3.63, 3.8) is 0 Å². The third kappa shape index (κ3) is 6.13. The lowest BCUT2D eigenvalue weighted by atomic mass is 9.98. The molecule has 1 saturated carbocycles. The summed E-state index contributed by atoms with van der Waals surface area (Å²) >= 11 is 5.81. The maximum Gasteiger partial charge on any atom is 0.409 e. The predicted octanol–water partition coefficient (Wildman–Crippen LogP) is 4.41. The molecular weight excluding hydrogens is 344 g/mol. The molecule has 2 rings (SSSR count). The molecule has 1 aliphatic carbocycles. The summed E-state index contributed by atoms with van der Waals surface area (Å²) < 4.78 is 35.5. The Kier molecular flexibility index (Phi) is 6.45. The highest BCUT2D eigenvalue weighted by Crippen LogP contribution is 2.48. The first-order valence-electron chi connectivity index (χ1n) is 7.59. The minimum absolute atomic E-state index is 0.0896. The van der Waals surface area contributed by atoms with Crippen LogP contribution in [0.25, 0.3) is 0 Å². The second-order valence-corrected chi connectivity index (χ2v) is 8.31. The van der Waals surface area contributed by atoms with Crippen molar-refractivity contribution in [1.29, 1.82) is 0 Å². The zero-order chi connectivity index (χ0) is 16.9. The van der Waals surface area contributed by atoms with E-state index in [1.165, 1.54) is 19.1 Å². The number of benzene rings is 1. The Labute approximate surface area is 139 Å². The van der Waals surface area contributed by atoms with E-state index in [0.29, 0.717) is 0 Å². The van der Waals surface area contributed by atoms with Gasteiger partial charge in [-0.1, -0.05) is 6.42 Å². The molecule has 1 N–H and O–H groups in total. The molecule has 0 bridgehead atoms. The van der Waals surface area contributed by atoms with E-state index in [2.05, 4.69) is 5.09 Å². The van der Waals surface area contributed by atoms with Gasteiger partial charge in [-0.15, -0.1) is 0 Å². The van der Waals surface area contributed by atoms with Gasteiger partial charge in [0.25, 0.3) is 0 Å². The van der Waals surface area contributed by atoms with Crippen LogP contribution < -0.4 is 9.61 Å². The van der Waals surface area contributed by atoms with Crippen LogP contribution in [0.2, 0.25) is 0 Å². The minimum atomic E-state index is -3.79. The molecule has 0 aliphatic heterocycles. The Bertz CT molecular complexity index is 577. The van der Waals surface area contributed by atoms with Gasteiger partial charge < -0.3 is 9.26 Å². The van der Waals surface area contributed by atoms with E-state index in [0.717, 1.165) is 44.2 Å². The lowest BCUT2D eigenvalue weighted by Gasteiger charge is -2.24. The summed E-state index contributed by atoms with van der Waals surface area (Å²) in [5.74, 6) is -0.815. The maximum atomic E-state index is 12.8. The average Bonchev–Trinajstić information content (AvgIpc) is 2.50. The number of hydrogen-bond donors (Lipinski definition) is 1. The Hall–Kier alpha value is -1.10. The zero-order valence-electron chi connectivity index (χ0n) is 12.8. The molecular formula is C15H20ClFNO4P. The molecule has 0 spiro atoms. The van der Waals surface area contributed by atoms with Crippen molar-refractivity contribution in [2.75, 3.05) is 0 Å². The van der Waals surface area contributed by atoms with Gasteiger partial charge in [-0.05, 0) is 56.9 Å². The van der Waals surface area contributed by atoms with Crippen molar-refractivity contribution >= 4 is 24.1 Å². The van der Waals surface area contributed by atoms with Crippen LogP contribution in [-0.2, 0) is 14.1 Å². The minimum Gasteiger partial charge on any atom is -0.461 e. The second kappa shape index (κ2) is 8.13. The normalized spacial score (nSPS) is 19.6. The van der Waals surface area contributed by atoms with Gasteiger partial charge in [0.1, 0.15) is 23.7 Å². The summed E-state index contributed by atoms with van der Waals surface area (Å²) in [7, 11) is 0. The monoisotopic (exact) mass is 363 g/mol. The van der Waals surface area contributed by atoms with Crippen molar-refractivity contribution in [2.45, 2.75) is 51.2 Å². The molecule has 1 aromatic rings. The molecule has 1 fully saturated rings. The molecule has 0 aromatic heterocycles. The van der Waals surface area contributed by atoms with Crippen LogP contribution >= 0.6 is 18.1 Å². The number of ether oxygens (including phenoxy) is 1. The molecule has 8 heteroatoms. The van der Waals surface area contributed by atoms with Gasteiger partial charge in [-0.2, -0.15) is 0 Å². The van der Waals surface area contributed by atoms with E-state index in [1.54, 1.807) is 0 Å². The number of hydrogen-bond acceptors (Lipinski definition) is 4. The predicted molar refractivity (Wildman–Crippen MR) is 86.1 cm³/mol. The Balaban J connectivity index is 1.86. The summed E-state index contributed by atoms with van der Waals surface area (Å²) in [6, 6.07) is 4.05. The number of nitrogens with one attached hydrogen (secondary N) is 1. The van der Waals surface area contributed by atoms with Crippen LogP contribution in [0.5, 0.6) is 5.75 Å². The fraction of sp³-hybridized carbons (Fsp3) is 0.533. The van der Waals surface area contributed by atoms with E-state index in [4.69, 9.17) is 20.5 Å². The highest BCUT2D eigenvalue weighted by Gasteiger charge is 2.29. The van der Waals surface area contributed by atoms with Crippen molar-refractivity contribution in [3.05, 3.63) is 30.1 Å². The summed E-state index contributed by atoms with van der Waals surface area (Å²) in [5, 5.41) is 2.44. The van der Waals surface area contributed by atoms with Gasteiger partial charge in [0.2, 0.25) is 0 Å². The van der Waals surface area contributed by atoms with Gasteiger partial charge in [-0.25, -0.2) is 14.0 Å². The molecule has 23 heavy (non-hydrogen) atoms. The summed E-state index contributed by atoms with van der Waals surface area (Å²) in [4.78, 5) is 12.0. The van der Waals surface area contributed by atoms with Gasteiger partial charge in [-0.3, -0.25) is 4.79 Å². The molecule has 0 radical (unpaired) electrons. The van der Waals surface area contributed by atoms with Crippen LogP contribution in [0, 0.1) is 5.82 Å². The maximum absolute atomic E-state index is 12.8. The van der Waals surface area contributed by atoms with Crippen LogP contribution in [0.1, 0.15) is 39.0 Å². The molecule has 0 saturated heterocycles. The third-order valence-electron chi connectivity index (χ3n) is 3.57. The number of esters is 1. The first kappa shape index (κ1) is 18.2. The van der Waals surface area contributed by atoms with Crippen LogP contribution in [0.3, 0.4) is 0 Å². The summed E-state index contributed by atoms with van der Waals surface area (Å²) in [6.07, 6.45) is 4.85. The van der Waals surface area contributed by atoms with E-state index < -0.39 is 24.7 Å². The number of rotatable bonds is 6. The van der Waals surface area contributed by atoms with E-state index in [9.17, 15) is 13.8 Å². The third-order valence-corrected chi connectivity index (χ3v) is 5.21. The van der Waals surface area contributed by atoms with Gasteiger partial charge in [0.05, 0.1) is 0 Å². The average molecular weight is 364 g/mol. The lowest BCUT2D eigenvalue weighted by molar-refractivity contribution is -0.152. The quantitative estimate of drug-likeness (QED) is 0.599. The van der Waals surface area contributed by atoms with E-state index >= 15 is 0 Å². The van der Waals surface area contributed by atoms with Gasteiger partial charge in [0.15, 0.2) is 0 Å². The van der Waals surface area contributed by atoms with Crippen molar-refractivity contribution in [2.24, 2.45) is 0 Å². The molecule has 1 aromatic carbocycles. The smallest absolute Gasteiger partial charge is 0.409 e. The molecule has 0 heterocycles. The zero-order valence-corrected chi connectivity index (χ0v) is 14.5. The Morgan fingerprint density at radius 2 is 1.91 bits per heavy atom. The molecule has 128 valence electrons. The highest BCUT2D eigenvalue weighted by molar-refractivity contribution is 7.84. The Morgan fingerprint density at radius 1 is 1.30 bits per heavy atom. The van der Waals surface area contributed by atoms with Crippen molar-refractivity contribution in [3.8, 4) is 5.75 Å². The first-order valence-corrected chi connectivity index (χ1v) is 10.1. The molecule has 2 atom stereocenters. The fourth-order valence-electron chi connectivity index (χ4n) is 2.39. The van der Waals surface area contributed by atoms with Crippen LogP contribution in [-0.4, -0.2) is 18.1 Å². The summed E-state index contributed by atoms with van der Waals surface area (Å²) in [6.45, 7) is -2.29. The molecule has 5 nitrogen and oxygen atoms in total. The van der Waals surface area contributed by atoms with Gasteiger partial charge in [0, 0.05) is 11.2 Å². The van der Waals surface area contributed by atoms with E-state index in [1.807, 2.05) is 0 Å². The molecule has 1 aliphatic rings. The number of carbonyl (C=O) groups excluding carboxylic acids is 1. The van der Waals surface area contributed by atoms with Crippen LogP contribution in [0.4, 0.5) is 4.39 Å². The highest BCUT2D eigenvalue weighted by atomic mass is 35.7. The topological polar surface area (TPSA) is 64.6 Å². The molecule has 1 unspecified atom stereocenters. The van der Waals surface area contributed by atoms with Crippen LogP contribution in [0.15, 0.2) is 24.3 Å². The Morgan fingerprint density at radius 3 is 2.52 bits per heavy atom. The second-order valence-electron chi connectivity index (χ2n) is 5.57.